The van der Waals surface area contributed by atoms with Gasteiger partial charge in [0.1, 0.15) is 24.4 Å². The van der Waals surface area contributed by atoms with Crippen LogP contribution in [0, 0.1) is 0 Å². The smallest absolute Gasteiger partial charge is 0.302 e. The zero-order valence-electron chi connectivity index (χ0n) is 8.57. The molecule has 1 rings (SSSR count). The molecular formula is C8H15NO7. The molecule has 0 aromatic carbocycles. The molecule has 0 bridgehead atoms. The molecular weight excluding hydrogens is 222 g/mol. The highest BCUT2D eigenvalue weighted by molar-refractivity contribution is 5.73. The van der Waals surface area contributed by atoms with Gasteiger partial charge < -0.3 is 35.6 Å². The summed E-state index contributed by atoms with van der Waals surface area (Å²) in [5, 5.41) is 48.6. The van der Waals surface area contributed by atoms with Crippen molar-refractivity contribution in [3.8, 4) is 0 Å². The SMILES string of the molecule is CC(=O)N[C@H]1[C@@H](O)[C@H](O)[C@@H](CO)OC1(O)O. The molecule has 1 amide bonds. The van der Waals surface area contributed by atoms with Crippen LogP contribution in [0.1, 0.15) is 6.92 Å². The quantitative estimate of drug-likeness (QED) is 0.271. The van der Waals surface area contributed by atoms with E-state index in [1.54, 1.807) is 0 Å². The van der Waals surface area contributed by atoms with Gasteiger partial charge in [0.15, 0.2) is 0 Å². The third-order valence-corrected chi connectivity index (χ3v) is 2.34. The standard InChI is InChI=1S/C8H15NO7/c1-3(11)9-7-6(13)5(12)4(2-10)16-8(7,14)15/h4-7,10,12-15H,2H2,1H3,(H,9,11)/t4-,5-,6+,7+/m1/s1. The van der Waals surface area contributed by atoms with E-state index in [0.29, 0.717) is 0 Å². The molecule has 16 heavy (non-hydrogen) atoms. The van der Waals surface area contributed by atoms with E-state index < -0.39 is 42.8 Å². The number of aliphatic hydroxyl groups excluding tert-OH is 3. The minimum Gasteiger partial charge on any atom is -0.394 e. The molecule has 1 aliphatic heterocycles. The summed E-state index contributed by atoms with van der Waals surface area (Å²) in [5.74, 6) is -3.48. The van der Waals surface area contributed by atoms with Crippen LogP contribution in [-0.4, -0.2) is 68.4 Å². The predicted molar refractivity (Wildman–Crippen MR) is 48.7 cm³/mol. The van der Waals surface area contributed by atoms with E-state index >= 15 is 0 Å². The van der Waals surface area contributed by atoms with Crippen molar-refractivity contribution < 1.29 is 35.1 Å². The average molecular weight is 237 g/mol. The highest BCUT2D eigenvalue weighted by Crippen LogP contribution is 2.25. The second-order valence-electron chi connectivity index (χ2n) is 3.66. The van der Waals surface area contributed by atoms with Gasteiger partial charge in [0.25, 0.3) is 0 Å². The third-order valence-electron chi connectivity index (χ3n) is 2.34. The second-order valence-corrected chi connectivity index (χ2v) is 3.66. The fourth-order valence-corrected chi connectivity index (χ4v) is 1.55. The van der Waals surface area contributed by atoms with Crippen molar-refractivity contribution >= 4 is 5.91 Å². The van der Waals surface area contributed by atoms with Crippen molar-refractivity contribution in [3.63, 3.8) is 0 Å². The maximum absolute atomic E-state index is 10.8. The minimum absolute atomic E-state index is 0.630. The number of hydrogen-bond donors (Lipinski definition) is 6. The van der Waals surface area contributed by atoms with E-state index in [1.807, 2.05) is 5.32 Å². The van der Waals surface area contributed by atoms with E-state index in [0.717, 1.165) is 6.92 Å². The maximum Gasteiger partial charge on any atom is 0.302 e. The molecule has 8 heteroatoms. The predicted octanol–water partition coefficient (Wildman–Crippen LogP) is -3.76. The van der Waals surface area contributed by atoms with Crippen molar-refractivity contribution in [1.29, 1.82) is 0 Å². The van der Waals surface area contributed by atoms with E-state index in [-0.39, 0.29) is 0 Å². The van der Waals surface area contributed by atoms with Crippen LogP contribution in [0.3, 0.4) is 0 Å². The van der Waals surface area contributed by atoms with Crippen LogP contribution in [-0.2, 0) is 9.53 Å². The summed E-state index contributed by atoms with van der Waals surface area (Å²) in [4.78, 5) is 10.8. The fraction of sp³-hybridized carbons (Fsp3) is 0.875. The zero-order chi connectivity index (χ0) is 12.5. The molecule has 0 radical (unpaired) electrons. The Balaban J connectivity index is 2.87. The Morgan fingerprint density at radius 3 is 2.38 bits per heavy atom. The van der Waals surface area contributed by atoms with Crippen LogP contribution in [0.5, 0.6) is 0 Å². The van der Waals surface area contributed by atoms with Crippen LogP contribution >= 0.6 is 0 Å². The normalized spacial score (nSPS) is 38.1. The highest BCUT2D eigenvalue weighted by atomic mass is 16.8. The second kappa shape index (κ2) is 4.62. The summed E-state index contributed by atoms with van der Waals surface area (Å²) < 4.78 is 4.56. The average Bonchev–Trinajstić information content (AvgIpc) is 2.18. The Bertz CT molecular complexity index is 269. The lowest BCUT2D eigenvalue weighted by molar-refractivity contribution is -0.410. The summed E-state index contributed by atoms with van der Waals surface area (Å²) >= 11 is 0. The first-order chi connectivity index (χ1) is 7.29. The van der Waals surface area contributed by atoms with Gasteiger partial charge in [0, 0.05) is 6.92 Å². The van der Waals surface area contributed by atoms with Gasteiger partial charge in [-0.15, -0.1) is 0 Å². The molecule has 1 fully saturated rings. The van der Waals surface area contributed by atoms with Crippen molar-refractivity contribution in [3.05, 3.63) is 0 Å². The van der Waals surface area contributed by atoms with E-state index in [2.05, 4.69) is 4.74 Å². The van der Waals surface area contributed by atoms with Gasteiger partial charge >= 0.3 is 5.97 Å². The monoisotopic (exact) mass is 237 g/mol. The molecule has 0 aliphatic carbocycles. The molecule has 6 N–H and O–H groups in total. The number of rotatable bonds is 2. The van der Waals surface area contributed by atoms with Crippen molar-refractivity contribution in [1.82, 2.24) is 5.32 Å². The summed E-state index contributed by atoms with van der Waals surface area (Å²) in [6.07, 6.45) is -4.53. The first-order valence-electron chi connectivity index (χ1n) is 4.66. The maximum atomic E-state index is 10.8. The van der Waals surface area contributed by atoms with Crippen LogP contribution in [0.4, 0.5) is 0 Å². The van der Waals surface area contributed by atoms with Crippen molar-refractivity contribution in [2.24, 2.45) is 0 Å². The van der Waals surface area contributed by atoms with E-state index in [1.165, 1.54) is 0 Å². The summed E-state index contributed by atoms with van der Waals surface area (Å²) in [7, 11) is 0. The summed E-state index contributed by atoms with van der Waals surface area (Å²) in [6.45, 7) is 0.404. The van der Waals surface area contributed by atoms with Crippen molar-refractivity contribution in [2.75, 3.05) is 6.61 Å². The zero-order valence-corrected chi connectivity index (χ0v) is 8.57. The fourth-order valence-electron chi connectivity index (χ4n) is 1.55. The van der Waals surface area contributed by atoms with Crippen molar-refractivity contribution in [2.45, 2.75) is 37.3 Å². The summed E-state index contributed by atoms with van der Waals surface area (Å²) in [5.41, 5.74) is 0. The third kappa shape index (κ3) is 2.48. The van der Waals surface area contributed by atoms with Crippen LogP contribution < -0.4 is 5.32 Å². The Morgan fingerprint density at radius 2 is 1.94 bits per heavy atom. The van der Waals surface area contributed by atoms with Gasteiger partial charge in [-0.25, -0.2) is 0 Å². The molecule has 94 valence electrons. The molecule has 0 saturated carbocycles. The molecule has 0 aromatic rings. The molecule has 1 aliphatic rings. The molecule has 0 unspecified atom stereocenters. The molecule has 0 spiro atoms. The van der Waals surface area contributed by atoms with Gasteiger partial charge in [-0.05, 0) is 0 Å². The van der Waals surface area contributed by atoms with Gasteiger partial charge in [-0.3, -0.25) is 4.79 Å². The number of aliphatic hydroxyl groups is 5. The largest absolute Gasteiger partial charge is 0.394 e. The number of carbonyl (C=O) groups excluding carboxylic acids is 1. The van der Waals surface area contributed by atoms with Gasteiger partial charge in [-0.2, -0.15) is 0 Å². The molecule has 0 aromatic heterocycles. The number of nitrogens with one attached hydrogen (secondary N) is 1. The number of amides is 1. The Kier molecular flexibility index (Phi) is 3.84. The lowest BCUT2D eigenvalue weighted by atomic mass is 9.95. The Hall–Kier alpha value is -0.770. The topological polar surface area (TPSA) is 139 Å². The van der Waals surface area contributed by atoms with Gasteiger partial charge in [-0.1, -0.05) is 0 Å². The minimum atomic E-state index is -2.85. The lowest BCUT2D eigenvalue weighted by Gasteiger charge is -2.44. The first-order valence-corrected chi connectivity index (χ1v) is 4.66. The summed E-state index contributed by atoms with van der Waals surface area (Å²) in [6, 6.07) is -1.59. The first kappa shape index (κ1) is 13.3. The Labute approximate surface area is 91.1 Å². The van der Waals surface area contributed by atoms with Crippen LogP contribution in [0.2, 0.25) is 0 Å². The molecule has 1 heterocycles. The van der Waals surface area contributed by atoms with Crippen LogP contribution in [0.25, 0.3) is 0 Å². The van der Waals surface area contributed by atoms with E-state index in [4.69, 9.17) is 5.11 Å². The lowest BCUT2D eigenvalue weighted by Crippen LogP contribution is -2.70. The molecule has 1 saturated heterocycles. The number of hydrogen-bond acceptors (Lipinski definition) is 7. The number of carbonyl (C=O) groups is 1. The van der Waals surface area contributed by atoms with Gasteiger partial charge in [0.05, 0.1) is 6.61 Å². The van der Waals surface area contributed by atoms with Crippen LogP contribution in [0.15, 0.2) is 0 Å². The van der Waals surface area contributed by atoms with Gasteiger partial charge in [0.2, 0.25) is 5.91 Å². The van der Waals surface area contributed by atoms with E-state index in [9.17, 15) is 25.2 Å². The molecule has 4 atom stereocenters. The highest BCUT2D eigenvalue weighted by Gasteiger charge is 2.53. The molecule has 8 nitrogen and oxygen atoms in total. The number of ether oxygens (including phenoxy) is 1. The Morgan fingerprint density at radius 1 is 1.38 bits per heavy atom.